The number of fused-ring (bicyclic) bond motifs is 1. The monoisotopic (exact) mass is 545 g/mol. The van der Waals surface area contributed by atoms with Crippen molar-refractivity contribution in [3.8, 4) is 11.6 Å². The average Bonchev–Trinajstić information content (AvgIpc) is 3.20. The average molecular weight is 547 g/mol. The van der Waals surface area contributed by atoms with Gasteiger partial charge in [-0.1, -0.05) is 65.7 Å². The van der Waals surface area contributed by atoms with E-state index in [4.69, 9.17) is 27.9 Å². The fraction of sp³-hybridized carbons (Fsp3) is 0.231. The van der Waals surface area contributed by atoms with Crippen molar-refractivity contribution in [3.63, 3.8) is 0 Å². The van der Waals surface area contributed by atoms with Crippen molar-refractivity contribution < 1.29 is 9.53 Å². The summed E-state index contributed by atoms with van der Waals surface area (Å²) in [6.45, 7) is 2.48. The minimum absolute atomic E-state index is 0. The SMILES string of the molecule is Cl.O=C(Nc1ccc(Cl)c2ccccc12)Nc1c(Cl)c(OCC2CCNCC2)nn1-c1ccccc1. The highest BCUT2D eigenvalue weighted by Gasteiger charge is 2.23. The van der Waals surface area contributed by atoms with Crippen molar-refractivity contribution in [1.82, 2.24) is 15.1 Å². The Balaban J connectivity index is 0.00000304. The van der Waals surface area contributed by atoms with Gasteiger partial charge in [0.2, 0.25) is 0 Å². The molecule has 0 bridgehead atoms. The molecule has 0 unspecified atom stereocenters. The van der Waals surface area contributed by atoms with E-state index in [0.717, 1.165) is 42.4 Å². The first kappa shape index (κ1) is 26.1. The van der Waals surface area contributed by atoms with E-state index < -0.39 is 6.03 Å². The number of nitrogens with one attached hydrogen (secondary N) is 3. The van der Waals surface area contributed by atoms with Crippen molar-refractivity contribution in [3.05, 3.63) is 76.8 Å². The summed E-state index contributed by atoms with van der Waals surface area (Å²) in [4.78, 5) is 13.1. The molecular weight excluding hydrogens is 521 g/mol. The fourth-order valence-electron chi connectivity index (χ4n) is 4.21. The minimum Gasteiger partial charge on any atom is -0.475 e. The lowest BCUT2D eigenvalue weighted by Gasteiger charge is -2.22. The van der Waals surface area contributed by atoms with Gasteiger partial charge in [0.1, 0.15) is 5.02 Å². The third kappa shape index (κ3) is 5.71. The molecule has 3 aromatic carbocycles. The summed E-state index contributed by atoms with van der Waals surface area (Å²) in [5.41, 5.74) is 1.38. The highest BCUT2D eigenvalue weighted by atomic mass is 35.5. The molecule has 4 aromatic rings. The number of piperidine rings is 1. The number of para-hydroxylation sites is 1. The van der Waals surface area contributed by atoms with Crippen molar-refractivity contribution in [2.75, 3.05) is 30.3 Å². The minimum atomic E-state index is -0.457. The standard InChI is InChI=1S/C26H25Cl2N5O2.ClH/c27-21-10-11-22(20-9-5-4-8-19(20)21)30-26(34)31-24-23(28)25(35-16-17-12-14-29-15-13-17)32-33(24)18-6-2-1-3-7-18;/h1-11,17,29H,12-16H2,(H2,30,31,34);1H. The molecule has 2 heterocycles. The molecule has 3 N–H and O–H groups in total. The molecule has 10 heteroatoms. The lowest BCUT2D eigenvalue weighted by Crippen LogP contribution is -2.30. The third-order valence-electron chi connectivity index (χ3n) is 6.06. The van der Waals surface area contributed by atoms with Crippen molar-refractivity contribution in [2.45, 2.75) is 12.8 Å². The second kappa shape index (κ2) is 11.8. The number of nitrogens with zero attached hydrogens (tertiary/aromatic N) is 2. The van der Waals surface area contributed by atoms with Gasteiger partial charge in [-0.2, -0.15) is 0 Å². The third-order valence-corrected chi connectivity index (χ3v) is 6.73. The highest BCUT2D eigenvalue weighted by Crippen LogP contribution is 2.35. The summed E-state index contributed by atoms with van der Waals surface area (Å²) in [7, 11) is 0. The molecule has 0 radical (unpaired) electrons. The Labute approximate surface area is 225 Å². The Hall–Kier alpha value is -2.97. The number of carbonyl (C=O) groups excluding carboxylic acids is 1. The molecule has 36 heavy (non-hydrogen) atoms. The van der Waals surface area contributed by atoms with Crippen LogP contribution in [0.25, 0.3) is 16.5 Å². The van der Waals surface area contributed by atoms with Gasteiger partial charge in [0, 0.05) is 15.8 Å². The number of carbonyl (C=O) groups is 1. The first-order valence-electron chi connectivity index (χ1n) is 11.5. The van der Waals surface area contributed by atoms with Crippen LogP contribution in [0.4, 0.5) is 16.3 Å². The van der Waals surface area contributed by atoms with Crippen LogP contribution in [0.15, 0.2) is 66.7 Å². The summed E-state index contributed by atoms with van der Waals surface area (Å²) in [5.74, 6) is 1.06. The number of benzene rings is 3. The smallest absolute Gasteiger partial charge is 0.324 e. The largest absolute Gasteiger partial charge is 0.475 e. The normalized spacial score (nSPS) is 13.7. The molecule has 1 saturated heterocycles. The molecule has 188 valence electrons. The summed E-state index contributed by atoms with van der Waals surface area (Å²) in [5, 5.41) is 16.2. The second-order valence-corrected chi connectivity index (χ2v) is 9.22. The van der Waals surface area contributed by atoms with E-state index in [0.29, 0.717) is 34.9 Å². The molecule has 2 amide bonds. The number of hydrogen-bond acceptors (Lipinski definition) is 4. The molecule has 7 nitrogen and oxygen atoms in total. The zero-order chi connectivity index (χ0) is 24.2. The lowest BCUT2D eigenvalue weighted by molar-refractivity contribution is 0.208. The van der Waals surface area contributed by atoms with E-state index in [9.17, 15) is 4.79 Å². The molecular formula is C26H26Cl3N5O2. The van der Waals surface area contributed by atoms with Gasteiger partial charge < -0.3 is 15.4 Å². The number of ether oxygens (including phenoxy) is 1. The summed E-state index contributed by atoms with van der Waals surface area (Å²) >= 11 is 13.0. The molecule has 0 atom stereocenters. The molecule has 0 aliphatic carbocycles. The Morgan fingerprint density at radius 2 is 1.67 bits per heavy atom. The summed E-state index contributed by atoms with van der Waals surface area (Å²) < 4.78 is 7.59. The van der Waals surface area contributed by atoms with Crippen LogP contribution >= 0.6 is 35.6 Å². The predicted molar refractivity (Wildman–Crippen MR) is 149 cm³/mol. The Morgan fingerprint density at radius 1 is 0.972 bits per heavy atom. The van der Waals surface area contributed by atoms with Gasteiger partial charge in [-0.15, -0.1) is 17.5 Å². The molecule has 0 spiro atoms. The Kier molecular flexibility index (Phi) is 8.59. The van der Waals surface area contributed by atoms with Crippen LogP contribution in [-0.4, -0.2) is 35.5 Å². The lowest BCUT2D eigenvalue weighted by atomic mass is 9.99. The van der Waals surface area contributed by atoms with Crippen LogP contribution in [0.2, 0.25) is 10.0 Å². The molecule has 1 fully saturated rings. The van der Waals surface area contributed by atoms with Crippen LogP contribution in [0.1, 0.15) is 12.8 Å². The number of rotatable bonds is 6. The van der Waals surface area contributed by atoms with Crippen molar-refractivity contribution in [2.24, 2.45) is 5.92 Å². The van der Waals surface area contributed by atoms with E-state index in [-0.39, 0.29) is 17.4 Å². The maximum Gasteiger partial charge on any atom is 0.324 e. The van der Waals surface area contributed by atoms with Crippen LogP contribution in [0.3, 0.4) is 0 Å². The van der Waals surface area contributed by atoms with Gasteiger partial charge >= 0.3 is 6.03 Å². The first-order chi connectivity index (χ1) is 17.1. The topological polar surface area (TPSA) is 80.2 Å². The second-order valence-electron chi connectivity index (χ2n) is 8.44. The van der Waals surface area contributed by atoms with Crippen molar-refractivity contribution in [1.29, 1.82) is 0 Å². The number of hydrogen-bond donors (Lipinski definition) is 3. The number of aromatic nitrogens is 2. The highest BCUT2D eigenvalue weighted by molar-refractivity contribution is 6.36. The quantitative estimate of drug-likeness (QED) is 0.249. The van der Waals surface area contributed by atoms with E-state index in [1.165, 1.54) is 0 Å². The van der Waals surface area contributed by atoms with Gasteiger partial charge in [-0.3, -0.25) is 5.32 Å². The van der Waals surface area contributed by atoms with Gasteiger partial charge in [0.25, 0.3) is 5.88 Å². The Bertz CT molecular complexity index is 1340. The predicted octanol–water partition coefficient (Wildman–Crippen LogP) is 6.78. The maximum absolute atomic E-state index is 13.1. The van der Waals surface area contributed by atoms with Gasteiger partial charge in [0.05, 0.1) is 18.0 Å². The molecule has 1 aromatic heterocycles. The van der Waals surface area contributed by atoms with E-state index in [2.05, 4.69) is 21.0 Å². The molecule has 1 aliphatic heterocycles. The van der Waals surface area contributed by atoms with Gasteiger partial charge in [-0.25, -0.2) is 9.48 Å². The van der Waals surface area contributed by atoms with Crippen LogP contribution < -0.4 is 20.7 Å². The number of urea groups is 1. The number of halogens is 3. The van der Waals surface area contributed by atoms with E-state index in [1.54, 1.807) is 16.8 Å². The zero-order valence-electron chi connectivity index (χ0n) is 19.3. The van der Waals surface area contributed by atoms with Crippen LogP contribution in [0, 0.1) is 5.92 Å². The summed E-state index contributed by atoms with van der Waals surface area (Å²) in [6.07, 6.45) is 2.08. The van der Waals surface area contributed by atoms with E-state index >= 15 is 0 Å². The maximum atomic E-state index is 13.1. The number of anilines is 2. The number of amides is 2. The zero-order valence-corrected chi connectivity index (χ0v) is 21.7. The van der Waals surface area contributed by atoms with Crippen molar-refractivity contribution >= 4 is 63.9 Å². The van der Waals surface area contributed by atoms with Crippen LogP contribution in [-0.2, 0) is 0 Å². The Morgan fingerprint density at radius 3 is 2.42 bits per heavy atom. The first-order valence-corrected chi connectivity index (χ1v) is 12.3. The summed E-state index contributed by atoms with van der Waals surface area (Å²) in [6, 6.07) is 20.2. The molecule has 0 saturated carbocycles. The van der Waals surface area contributed by atoms with E-state index in [1.807, 2.05) is 54.6 Å². The van der Waals surface area contributed by atoms with Crippen LogP contribution in [0.5, 0.6) is 5.88 Å². The molecule has 1 aliphatic rings. The van der Waals surface area contributed by atoms with Gasteiger partial charge in [0.15, 0.2) is 5.82 Å². The van der Waals surface area contributed by atoms with Gasteiger partial charge in [-0.05, 0) is 56.1 Å². The molecule has 5 rings (SSSR count). The fourth-order valence-corrected chi connectivity index (χ4v) is 4.66.